The predicted molar refractivity (Wildman–Crippen MR) is 159 cm³/mol. The first-order valence-electron chi connectivity index (χ1n) is 13.0. The number of aryl methyl sites for hydroxylation is 1. The van der Waals surface area contributed by atoms with Crippen molar-refractivity contribution in [3.63, 3.8) is 0 Å². The van der Waals surface area contributed by atoms with Gasteiger partial charge in [-0.1, -0.05) is 49.0 Å². The molecule has 3 aromatic carbocycles. The van der Waals surface area contributed by atoms with Gasteiger partial charge >= 0.3 is 5.97 Å². The smallest absolute Gasteiger partial charge is 0.344 e. The highest BCUT2D eigenvalue weighted by atomic mass is 32.2. The van der Waals surface area contributed by atoms with Crippen molar-refractivity contribution in [1.29, 1.82) is 0 Å². The third-order valence-corrected chi connectivity index (χ3v) is 7.64. The SMILES string of the molecule is CCOC(=O)C1=C(O)/C(=C/c2cn(Cc3ccc(F)cc3)c3c(CC)cccc23)SC1=Nc1ccc(OC)cc1. The number of carbonyl (C=O) groups is 1. The van der Waals surface area contributed by atoms with E-state index in [0.717, 1.165) is 28.5 Å². The van der Waals surface area contributed by atoms with Crippen LogP contribution in [0.4, 0.5) is 10.1 Å². The molecule has 0 amide bonds. The standard InChI is InChI=1S/C32H29FN2O4S/c1-4-21-7-6-8-26-22(19-35(29(21)26)18-20-9-11-23(33)12-10-20)17-27-30(36)28(32(37)39-5-2)31(40-27)34-24-13-15-25(38-3)16-14-24/h6-17,19,36H,4-5,18H2,1-3H3/b27-17-,34-31?. The van der Waals surface area contributed by atoms with Gasteiger partial charge in [0, 0.05) is 23.7 Å². The van der Waals surface area contributed by atoms with Gasteiger partial charge in [-0.2, -0.15) is 0 Å². The summed E-state index contributed by atoms with van der Waals surface area (Å²) >= 11 is 1.22. The Labute approximate surface area is 236 Å². The molecule has 8 heteroatoms. The second-order valence-corrected chi connectivity index (χ2v) is 10.2. The van der Waals surface area contributed by atoms with Crippen molar-refractivity contribution >= 4 is 45.4 Å². The quantitative estimate of drug-likeness (QED) is 0.226. The average Bonchev–Trinajstić information content (AvgIpc) is 3.46. The maximum absolute atomic E-state index is 13.5. The van der Waals surface area contributed by atoms with Crippen LogP contribution in [0, 0.1) is 5.82 Å². The molecule has 0 saturated carbocycles. The summed E-state index contributed by atoms with van der Waals surface area (Å²) in [6.07, 6.45) is 4.74. The summed E-state index contributed by atoms with van der Waals surface area (Å²) in [5.41, 5.74) is 4.76. The Morgan fingerprint density at radius 2 is 1.82 bits per heavy atom. The van der Waals surface area contributed by atoms with Gasteiger partial charge in [0.1, 0.15) is 27.9 Å². The number of aliphatic hydroxyl groups excluding tert-OH is 1. The summed E-state index contributed by atoms with van der Waals surface area (Å²) in [6.45, 7) is 4.56. The molecule has 204 valence electrons. The minimum Gasteiger partial charge on any atom is -0.506 e. The molecule has 0 radical (unpaired) electrons. The number of hydrogen-bond donors (Lipinski definition) is 1. The van der Waals surface area contributed by atoms with Gasteiger partial charge in [-0.25, -0.2) is 14.2 Å². The predicted octanol–water partition coefficient (Wildman–Crippen LogP) is 7.59. The van der Waals surface area contributed by atoms with E-state index in [-0.39, 0.29) is 23.8 Å². The van der Waals surface area contributed by atoms with Crippen molar-refractivity contribution in [3.05, 3.63) is 112 Å². The lowest BCUT2D eigenvalue weighted by molar-refractivity contribution is -0.138. The van der Waals surface area contributed by atoms with Gasteiger partial charge in [0.15, 0.2) is 0 Å². The normalized spacial score (nSPS) is 15.4. The zero-order chi connectivity index (χ0) is 28.2. The van der Waals surface area contributed by atoms with Crippen molar-refractivity contribution in [2.75, 3.05) is 13.7 Å². The van der Waals surface area contributed by atoms with E-state index in [9.17, 15) is 14.3 Å². The minimum absolute atomic E-state index is 0.0400. The highest BCUT2D eigenvalue weighted by molar-refractivity contribution is 8.18. The van der Waals surface area contributed by atoms with Gasteiger partial charge in [-0.15, -0.1) is 0 Å². The Balaban J connectivity index is 1.59. The molecule has 4 aromatic rings. The fourth-order valence-electron chi connectivity index (χ4n) is 4.68. The van der Waals surface area contributed by atoms with Crippen LogP contribution in [-0.4, -0.2) is 34.4 Å². The van der Waals surface area contributed by atoms with Gasteiger partial charge in [0.25, 0.3) is 0 Å². The fourth-order valence-corrected chi connectivity index (χ4v) is 5.71. The van der Waals surface area contributed by atoms with Crippen LogP contribution in [0.5, 0.6) is 5.75 Å². The van der Waals surface area contributed by atoms with Crippen LogP contribution in [-0.2, 0) is 22.5 Å². The lowest BCUT2D eigenvalue weighted by Gasteiger charge is -2.09. The van der Waals surface area contributed by atoms with E-state index < -0.39 is 5.97 Å². The molecule has 1 aliphatic heterocycles. The number of para-hydroxylation sites is 1. The molecule has 0 unspecified atom stereocenters. The van der Waals surface area contributed by atoms with Gasteiger partial charge < -0.3 is 19.1 Å². The van der Waals surface area contributed by atoms with Crippen molar-refractivity contribution < 1.29 is 23.8 Å². The Morgan fingerprint density at radius 3 is 2.50 bits per heavy atom. The van der Waals surface area contributed by atoms with Crippen LogP contribution < -0.4 is 4.74 Å². The number of esters is 1. The van der Waals surface area contributed by atoms with Crippen LogP contribution in [0.3, 0.4) is 0 Å². The monoisotopic (exact) mass is 556 g/mol. The van der Waals surface area contributed by atoms with E-state index in [1.807, 2.05) is 24.4 Å². The van der Waals surface area contributed by atoms with E-state index in [0.29, 0.717) is 27.9 Å². The molecule has 40 heavy (non-hydrogen) atoms. The Morgan fingerprint density at radius 1 is 1.07 bits per heavy atom. The van der Waals surface area contributed by atoms with Gasteiger partial charge in [-0.05, 0) is 66.9 Å². The molecule has 1 N–H and O–H groups in total. The second-order valence-electron chi connectivity index (χ2n) is 9.18. The van der Waals surface area contributed by atoms with E-state index >= 15 is 0 Å². The van der Waals surface area contributed by atoms with Crippen molar-refractivity contribution in [2.24, 2.45) is 4.99 Å². The van der Waals surface area contributed by atoms with Crippen LogP contribution in [0.15, 0.2) is 94.2 Å². The molecule has 1 aromatic heterocycles. The largest absolute Gasteiger partial charge is 0.506 e. The summed E-state index contributed by atoms with van der Waals surface area (Å²) in [5, 5.41) is 12.6. The maximum atomic E-state index is 13.5. The Kier molecular flexibility index (Phi) is 8.07. The van der Waals surface area contributed by atoms with Crippen LogP contribution in [0.25, 0.3) is 17.0 Å². The molecule has 0 saturated heterocycles. The number of ether oxygens (including phenoxy) is 2. The topological polar surface area (TPSA) is 73.0 Å². The first kappa shape index (κ1) is 27.3. The number of aromatic nitrogens is 1. The van der Waals surface area contributed by atoms with Gasteiger partial charge in [-0.3, -0.25) is 0 Å². The molecule has 5 rings (SSSR count). The number of fused-ring (bicyclic) bond motifs is 1. The number of benzene rings is 3. The molecule has 0 spiro atoms. The highest BCUT2D eigenvalue weighted by Gasteiger charge is 2.33. The molecular weight excluding hydrogens is 527 g/mol. The van der Waals surface area contributed by atoms with E-state index in [1.54, 1.807) is 50.4 Å². The summed E-state index contributed by atoms with van der Waals surface area (Å²) in [5.74, 6) is -0.376. The first-order valence-corrected chi connectivity index (χ1v) is 13.8. The number of halogens is 1. The van der Waals surface area contributed by atoms with Crippen LogP contribution in [0.1, 0.15) is 30.5 Å². The lowest BCUT2D eigenvalue weighted by atomic mass is 10.1. The number of aliphatic hydroxyl groups is 1. The lowest BCUT2D eigenvalue weighted by Crippen LogP contribution is -2.12. The Hall–Kier alpha value is -4.30. The summed E-state index contributed by atoms with van der Waals surface area (Å²) in [7, 11) is 1.59. The van der Waals surface area contributed by atoms with E-state index in [4.69, 9.17) is 9.47 Å². The molecule has 6 nitrogen and oxygen atoms in total. The molecular formula is C32H29FN2O4S. The van der Waals surface area contributed by atoms with Gasteiger partial charge in [0.2, 0.25) is 0 Å². The molecule has 1 aliphatic rings. The average molecular weight is 557 g/mol. The minimum atomic E-state index is -0.629. The summed E-state index contributed by atoms with van der Waals surface area (Å²) < 4.78 is 26.1. The number of aliphatic imine (C=N–C) groups is 1. The molecule has 0 bridgehead atoms. The fraction of sp³-hybridized carbons (Fsp3) is 0.188. The van der Waals surface area contributed by atoms with E-state index in [2.05, 4.69) is 22.5 Å². The number of rotatable bonds is 8. The molecule has 0 fully saturated rings. The molecule has 2 heterocycles. The summed E-state index contributed by atoms with van der Waals surface area (Å²) in [6, 6.07) is 19.8. The number of thioether (sulfide) groups is 1. The first-order chi connectivity index (χ1) is 19.4. The van der Waals surface area contributed by atoms with Crippen molar-refractivity contribution in [2.45, 2.75) is 26.8 Å². The van der Waals surface area contributed by atoms with E-state index in [1.165, 1.54) is 29.5 Å². The Bertz CT molecular complexity index is 1650. The maximum Gasteiger partial charge on any atom is 0.344 e. The number of hydrogen-bond acceptors (Lipinski definition) is 6. The van der Waals surface area contributed by atoms with Crippen LogP contribution >= 0.6 is 11.8 Å². The summed E-state index contributed by atoms with van der Waals surface area (Å²) in [4.78, 5) is 18.0. The number of nitrogens with zero attached hydrogens (tertiary/aromatic N) is 2. The van der Waals surface area contributed by atoms with Crippen molar-refractivity contribution in [3.8, 4) is 5.75 Å². The molecule has 0 aliphatic carbocycles. The highest BCUT2D eigenvalue weighted by Crippen LogP contribution is 2.41. The van der Waals surface area contributed by atoms with Gasteiger partial charge in [0.05, 0.1) is 29.8 Å². The second kappa shape index (κ2) is 11.8. The van der Waals surface area contributed by atoms with Crippen molar-refractivity contribution in [1.82, 2.24) is 4.57 Å². The zero-order valence-corrected chi connectivity index (χ0v) is 23.3. The zero-order valence-electron chi connectivity index (χ0n) is 22.5. The third-order valence-electron chi connectivity index (χ3n) is 6.62. The third kappa shape index (κ3) is 5.53. The number of carbonyl (C=O) groups excluding carboxylic acids is 1. The molecule has 0 atom stereocenters. The van der Waals surface area contributed by atoms with Crippen LogP contribution in [0.2, 0.25) is 0 Å². The number of methoxy groups -OCH3 is 1.